The molecule has 0 spiro atoms. The maximum Gasteiger partial charge on any atom is 0.0967 e. The average Bonchev–Trinajstić information content (AvgIpc) is 2.80. The molecule has 4 heteroatoms. The van der Waals surface area contributed by atoms with Gasteiger partial charge in [0.2, 0.25) is 0 Å². The number of rotatable bonds is 3. The molecule has 0 N–H and O–H groups in total. The van der Waals surface area contributed by atoms with Gasteiger partial charge >= 0.3 is 0 Å². The minimum absolute atomic E-state index is 0.194. The zero-order chi connectivity index (χ0) is 11.9. The Bertz CT molecular complexity index is 83.5. The van der Waals surface area contributed by atoms with Crippen molar-refractivity contribution in [3.63, 3.8) is 0 Å². The predicted molar refractivity (Wildman–Crippen MR) is 70.1 cm³/mol. The number of hydrogen-bond donors (Lipinski definition) is 0. The van der Waals surface area contributed by atoms with Crippen molar-refractivity contribution in [2.24, 2.45) is 0 Å². The summed E-state index contributed by atoms with van der Waals surface area (Å²) in [6.07, 6.45) is 2.56. The van der Waals surface area contributed by atoms with Crippen LogP contribution in [0, 0.1) is 0 Å². The van der Waals surface area contributed by atoms with E-state index in [1.54, 1.807) is 0 Å². The summed E-state index contributed by atoms with van der Waals surface area (Å²) in [5.41, 5.74) is 0. The van der Waals surface area contributed by atoms with E-state index in [0.29, 0.717) is 0 Å². The molecule has 2 nitrogen and oxygen atoms in total. The van der Waals surface area contributed by atoms with Crippen LogP contribution in [0.3, 0.4) is 0 Å². The molecule has 1 saturated heterocycles. The first-order valence-electron chi connectivity index (χ1n) is 5.68. The Morgan fingerprint density at radius 1 is 0.933 bits per heavy atom. The van der Waals surface area contributed by atoms with Gasteiger partial charge in [-0.3, -0.25) is 0 Å². The fraction of sp³-hybridized carbons (Fsp3) is 1.00. The topological polar surface area (TPSA) is 12.5 Å². The van der Waals surface area contributed by atoms with Crippen LogP contribution in [0.4, 0.5) is 0 Å². The minimum atomic E-state index is 0.194. The number of nitrogens with zero attached hydrogens (tertiary/aromatic N) is 1. The fourth-order valence-corrected chi connectivity index (χ4v) is 1.18. The summed E-state index contributed by atoms with van der Waals surface area (Å²) in [5.74, 6) is 0. The number of ether oxygens (including phenoxy) is 1. The quantitative estimate of drug-likeness (QED) is 0.717. The van der Waals surface area contributed by atoms with Crippen molar-refractivity contribution in [3.8, 4) is 0 Å². The van der Waals surface area contributed by atoms with E-state index in [0.717, 1.165) is 13.2 Å². The zero-order valence-electron chi connectivity index (χ0n) is 10.3. The van der Waals surface area contributed by atoms with Crippen molar-refractivity contribution in [2.45, 2.75) is 33.6 Å². The third-order valence-electron chi connectivity index (χ3n) is 2.17. The summed E-state index contributed by atoms with van der Waals surface area (Å²) in [6, 6.07) is 0. The number of hydrogen-bond acceptors (Lipinski definition) is 2. The van der Waals surface area contributed by atoms with Crippen molar-refractivity contribution in [1.29, 1.82) is 0 Å². The van der Waals surface area contributed by atoms with E-state index < -0.39 is 0 Å². The minimum Gasteiger partial charge on any atom is -0.381 e. The summed E-state index contributed by atoms with van der Waals surface area (Å²) in [4.78, 5) is 2.38. The molecule has 1 fully saturated rings. The molecule has 0 unspecified atom stereocenters. The predicted octanol–water partition coefficient (Wildman–Crippen LogP) is 3.57. The summed E-state index contributed by atoms with van der Waals surface area (Å²) in [5, 5.41) is 0.194. The highest BCUT2D eigenvalue weighted by atomic mass is 35.5. The lowest BCUT2D eigenvalue weighted by Crippen LogP contribution is -2.21. The van der Waals surface area contributed by atoms with Crippen molar-refractivity contribution in [2.75, 3.05) is 38.2 Å². The van der Waals surface area contributed by atoms with Gasteiger partial charge in [0.05, 0.1) is 5.34 Å². The van der Waals surface area contributed by atoms with Crippen molar-refractivity contribution < 1.29 is 4.74 Å². The first-order chi connectivity index (χ1) is 7.26. The Hall–Kier alpha value is 0.500. The van der Waals surface area contributed by atoms with Gasteiger partial charge in [-0.1, -0.05) is 20.8 Å². The van der Waals surface area contributed by atoms with Gasteiger partial charge in [0, 0.05) is 13.2 Å². The third kappa shape index (κ3) is 17.1. The van der Waals surface area contributed by atoms with Gasteiger partial charge < -0.3 is 9.64 Å². The normalized spacial score (nSPS) is 14.0. The molecule has 0 atom stereocenters. The van der Waals surface area contributed by atoms with Crippen molar-refractivity contribution in [3.05, 3.63) is 0 Å². The van der Waals surface area contributed by atoms with E-state index in [2.05, 4.69) is 25.7 Å². The Labute approximate surface area is 105 Å². The highest BCUT2D eigenvalue weighted by molar-refractivity contribution is 6.40. The lowest BCUT2D eigenvalue weighted by Gasteiger charge is -2.13. The van der Waals surface area contributed by atoms with Gasteiger partial charge in [-0.15, -0.1) is 23.2 Å². The van der Waals surface area contributed by atoms with Gasteiger partial charge in [0.15, 0.2) is 0 Å². The molecule has 0 aliphatic carbocycles. The summed E-state index contributed by atoms with van der Waals surface area (Å²) < 4.78 is 4.94. The molecule has 0 saturated carbocycles. The molecule has 94 valence electrons. The van der Waals surface area contributed by atoms with E-state index >= 15 is 0 Å². The fourth-order valence-electron chi connectivity index (χ4n) is 1.18. The zero-order valence-corrected chi connectivity index (χ0v) is 11.8. The molecule has 15 heavy (non-hydrogen) atoms. The molecule has 0 radical (unpaired) electrons. The maximum absolute atomic E-state index is 4.94. The molecular weight excluding hydrogens is 233 g/mol. The van der Waals surface area contributed by atoms with E-state index in [4.69, 9.17) is 27.9 Å². The Balaban J connectivity index is 0. The highest BCUT2D eigenvalue weighted by Gasteiger charge is 1.94. The van der Waals surface area contributed by atoms with Crippen LogP contribution in [0.2, 0.25) is 0 Å². The van der Waals surface area contributed by atoms with Crippen LogP contribution < -0.4 is 0 Å². The molecule has 1 rings (SSSR count). The third-order valence-corrected chi connectivity index (χ3v) is 2.17. The molecule has 0 aromatic heterocycles. The lowest BCUT2D eigenvalue weighted by atomic mass is 10.4. The largest absolute Gasteiger partial charge is 0.381 e. The van der Waals surface area contributed by atoms with Gasteiger partial charge in [-0.05, 0) is 32.5 Å². The van der Waals surface area contributed by atoms with E-state index in [1.165, 1.54) is 32.5 Å². The SMILES string of the molecule is C1CCOC1.CCN(CC)CC.ClCCl. The summed E-state index contributed by atoms with van der Waals surface area (Å²) in [7, 11) is 0. The maximum atomic E-state index is 4.94. The van der Waals surface area contributed by atoms with Gasteiger partial charge in [-0.25, -0.2) is 0 Å². The second kappa shape index (κ2) is 16.9. The Morgan fingerprint density at radius 3 is 1.33 bits per heavy atom. The first kappa shape index (κ1) is 17.9. The number of halogens is 2. The van der Waals surface area contributed by atoms with Gasteiger partial charge in [0.1, 0.15) is 0 Å². The van der Waals surface area contributed by atoms with E-state index in [9.17, 15) is 0 Å². The van der Waals surface area contributed by atoms with Crippen molar-refractivity contribution >= 4 is 23.2 Å². The first-order valence-corrected chi connectivity index (χ1v) is 6.75. The highest BCUT2D eigenvalue weighted by Crippen LogP contribution is 1.98. The van der Waals surface area contributed by atoms with Crippen LogP contribution in [-0.4, -0.2) is 43.1 Å². The molecule has 0 amide bonds. The van der Waals surface area contributed by atoms with Crippen molar-refractivity contribution in [1.82, 2.24) is 4.90 Å². The summed E-state index contributed by atoms with van der Waals surface area (Å²) in [6.45, 7) is 12.1. The van der Waals surface area contributed by atoms with Crippen LogP contribution in [0.15, 0.2) is 0 Å². The van der Waals surface area contributed by atoms with Gasteiger partial charge in [0.25, 0.3) is 0 Å². The van der Waals surface area contributed by atoms with Crippen LogP contribution in [-0.2, 0) is 4.74 Å². The van der Waals surface area contributed by atoms with E-state index in [1.807, 2.05) is 0 Å². The molecule has 0 bridgehead atoms. The van der Waals surface area contributed by atoms with Crippen LogP contribution in [0.1, 0.15) is 33.6 Å². The van der Waals surface area contributed by atoms with Crippen LogP contribution in [0.25, 0.3) is 0 Å². The van der Waals surface area contributed by atoms with Crippen LogP contribution in [0.5, 0.6) is 0 Å². The molecule has 1 aliphatic heterocycles. The number of alkyl halides is 2. The Morgan fingerprint density at radius 2 is 1.27 bits per heavy atom. The Kier molecular flexibility index (Phi) is 20.2. The molecular formula is C11H25Cl2NO. The van der Waals surface area contributed by atoms with Crippen LogP contribution >= 0.6 is 23.2 Å². The monoisotopic (exact) mass is 257 g/mol. The smallest absolute Gasteiger partial charge is 0.0967 e. The molecule has 0 aromatic carbocycles. The summed E-state index contributed by atoms with van der Waals surface area (Å²) >= 11 is 9.53. The molecule has 0 aromatic rings. The lowest BCUT2D eigenvalue weighted by molar-refractivity contribution is 0.198. The standard InChI is InChI=1S/C6H15N.C4H8O.CH2Cl2/c1-4-7(5-2)6-3;1-2-4-5-3-1;2-1-3/h4-6H2,1-3H3;1-4H2;1H2. The average molecular weight is 258 g/mol. The molecule has 1 aliphatic rings. The molecule has 1 heterocycles. The second-order valence-electron chi connectivity index (χ2n) is 3.04. The second-order valence-corrected chi connectivity index (χ2v) is 3.85. The van der Waals surface area contributed by atoms with E-state index in [-0.39, 0.29) is 5.34 Å². The van der Waals surface area contributed by atoms with Gasteiger partial charge in [-0.2, -0.15) is 0 Å².